The normalized spacial score (nSPS) is 11.1. The number of hydrogen-bond acceptors (Lipinski definition) is 2. The summed E-state index contributed by atoms with van der Waals surface area (Å²) in [6.45, 7) is 0. The molecule has 0 aromatic heterocycles. The lowest BCUT2D eigenvalue weighted by Gasteiger charge is -2.05. The van der Waals surface area contributed by atoms with Crippen LogP contribution >= 0.6 is 0 Å². The Labute approximate surface area is 78.7 Å². The molecule has 1 N–H and O–H groups in total. The van der Waals surface area contributed by atoms with Crippen LogP contribution in [-0.4, -0.2) is 19.0 Å². The van der Waals surface area contributed by atoms with Crippen molar-refractivity contribution in [1.82, 2.24) is 0 Å². The highest BCUT2D eigenvalue weighted by molar-refractivity contribution is 6.00. The number of carbonyl (C=O) groups is 1. The van der Waals surface area contributed by atoms with Gasteiger partial charge in [-0.15, -0.1) is 0 Å². The molecule has 1 rings (SSSR count). The van der Waals surface area contributed by atoms with E-state index in [1.54, 1.807) is 7.05 Å². The summed E-state index contributed by atoms with van der Waals surface area (Å²) in [7, 11) is 1.64. The highest BCUT2D eigenvalue weighted by atomic mass is 19.4. The summed E-state index contributed by atoms with van der Waals surface area (Å²) in [4.78, 5) is 10.7. The summed E-state index contributed by atoms with van der Waals surface area (Å²) >= 11 is 0. The smallest absolute Gasteiger partial charge is 0.388 e. The minimum absolute atomic E-state index is 0.350. The molecular formula is C9H8F3NO. The highest BCUT2D eigenvalue weighted by Crippen LogP contribution is 2.22. The fourth-order valence-corrected chi connectivity index (χ4v) is 0.952. The third-order valence-corrected chi connectivity index (χ3v) is 1.69. The van der Waals surface area contributed by atoms with Crippen molar-refractivity contribution in [2.45, 2.75) is 6.18 Å². The molecule has 5 heteroatoms. The summed E-state index contributed by atoms with van der Waals surface area (Å²) < 4.78 is 35.9. The summed E-state index contributed by atoms with van der Waals surface area (Å²) in [5, 5.41) is 2.74. The lowest BCUT2D eigenvalue weighted by molar-refractivity contribution is -0.0885. The summed E-state index contributed by atoms with van der Waals surface area (Å²) in [5.74, 6) is -1.82. The second-order valence-electron chi connectivity index (χ2n) is 2.65. The number of alkyl halides is 3. The molecule has 0 bridgehead atoms. The van der Waals surface area contributed by atoms with E-state index in [0.717, 1.165) is 12.1 Å². The Morgan fingerprint density at radius 2 is 1.71 bits per heavy atom. The van der Waals surface area contributed by atoms with Crippen LogP contribution in [0.15, 0.2) is 24.3 Å². The van der Waals surface area contributed by atoms with Gasteiger partial charge < -0.3 is 5.32 Å². The van der Waals surface area contributed by atoms with Crippen LogP contribution in [0.25, 0.3) is 0 Å². The largest absolute Gasteiger partial charge is 0.454 e. The van der Waals surface area contributed by atoms with E-state index >= 15 is 0 Å². The Bertz CT molecular complexity index is 329. The van der Waals surface area contributed by atoms with Crippen molar-refractivity contribution in [3.63, 3.8) is 0 Å². The highest BCUT2D eigenvalue weighted by Gasteiger charge is 2.38. The van der Waals surface area contributed by atoms with Gasteiger partial charge in [0.1, 0.15) is 0 Å². The number of hydrogen-bond donors (Lipinski definition) is 1. The van der Waals surface area contributed by atoms with Gasteiger partial charge in [0.05, 0.1) is 0 Å². The van der Waals surface area contributed by atoms with Crippen molar-refractivity contribution in [3.05, 3.63) is 29.8 Å². The van der Waals surface area contributed by atoms with Gasteiger partial charge in [0, 0.05) is 18.3 Å². The number of halogens is 3. The van der Waals surface area contributed by atoms with Crippen LogP contribution in [0.4, 0.5) is 18.9 Å². The maximum atomic E-state index is 12.0. The number of nitrogens with one attached hydrogen (secondary N) is 1. The first-order valence-corrected chi connectivity index (χ1v) is 3.84. The average molecular weight is 203 g/mol. The fourth-order valence-electron chi connectivity index (χ4n) is 0.952. The zero-order valence-corrected chi connectivity index (χ0v) is 7.35. The molecule has 1 aromatic rings. The van der Waals surface area contributed by atoms with Gasteiger partial charge in [-0.25, -0.2) is 0 Å². The van der Waals surface area contributed by atoms with E-state index in [2.05, 4.69) is 5.32 Å². The second kappa shape index (κ2) is 3.69. The van der Waals surface area contributed by atoms with Crippen LogP contribution in [0.3, 0.4) is 0 Å². The molecule has 0 atom stereocenters. The van der Waals surface area contributed by atoms with E-state index in [0.29, 0.717) is 5.69 Å². The predicted molar refractivity (Wildman–Crippen MR) is 46.4 cm³/mol. The van der Waals surface area contributed by atoms with Gasteiger partial charge in [-0.3, -0.25) is 4.79 Å². The second-order valence-corrected chi connectivity index (χ2v) is 2.65. The topological polar surface area (TPSA) is 29.1 Å². The monoisotopic (exact) mass is 203 g/mol. The van der Waals surface area contributed by atoms with Crippen LogP contribution in [0.1, 0.15) is 10.4 Å². The molecule has 0 aliphatic heterocycles. The standard InChI is InChI=1S/C9H8F3NO/c1-13-7-4-2-6(3-5-7)8(14)9(10,11)12/h2-5,13H,1H3. The predicted octanol–water partition coefficient (Wildman–Crippen LogP) is 2.47. The lowest BCUT2D eigenvalue weighted by atomic mass is 10.1. The first-order chi connectivity index (χ1) is 6.45. The van der Waals surface area contributed by atoms with Crippen LogP contribution < -0.4 is 5.32 Å². The van der Waals surface area contributed by atoms with Gasteiger partial charge in [-0.2, -0.15) is 13.2 Å². The lowest BCUT2D eigenvalue weighted by Crippen LogP contribution is -2.22. The van der Waals surface area contributed by atoms with E-state index < -0.39 is 12.0 Å². The molecule has 76 valence electrons. The van der Waals surface area contributed by atoms with Crippen molar-refractivity contribution in [1.29, 1.82) is 0 Å². The number of ketones is 1. The van der Waals surface area contributed by atoms with Gasteiger partial charge in [0.25, 0.3) is 5.78 Å². The quantitative estimate of drug-likeness (QED) is 0.748. The molecule has 0 spiro atoms. The molecule has 0 aliphatic carbocycles. The Morgan fingerprint density at radius 3 is 2.07 bits per heavy atom. The number of rotatable bonds is 2. The van der Waals surface area contributed by atoms with Crippen molar-refractivity contribution in [3.8, 4) is 0 Å². The van der Waals surface area contributed by atoms with Crippen LogP contribution in [-0.2, 0) is 0 Å². The average Bonchev–Trinajstić information content (AvgIpc) is 2.15. The number of Topliss-reactive ketones (excluding diaryl/α,β-unsaturated/α-hetero) is 1. The minimum atomic E-state index is -4.80. The summed E-state index contributed by atoms with van der Waals surface area (Å²) in [5.41, 5.74) is 0.306. The maximum Gasteiger partial charge on any atom is 0.454 e. The Balaban J connectivity index is 2.93. The molecule has 14 heavy (non-hydrogen) atoms. The van der Waals surface area contributed by atoms with Gasteiger partial charge >= 0.3 is 6.18 Å². The van der Waals surface area contributed by atoms with Crippen LogP contribution in [0, 0.1) is 0 Å². The van der Waals surface area contributed by atoms with Crippen LogP contribution in [0.5, 0.6) is 0 Å². The molecule has 0 unspecified atom stereocenters. The molecule has 0 saturated heterocycles. The molecule has 0 aliphatic rings. The molecule has 0 amide bonds. The van der Waals surface area contributed by atoms with Crippen molar-refractivity contribution in [2.24, 2.45) is 0 Å². The molecule has 0 fully saturated rings. The third kappa shape index (κ3) is 2.25. The molecule has 0 radical (unpaired) electrons. The van der Waals surface area contributed by atoms with Gasteiger partial charge in [-0.05, 0) is 24.3 Å². The van der Waals surface area contributed by atoms with E-state index in [-0.39, 0.29) is 5.56 Å². The molecular weight excluding hydrogens is 195 g/mol. The van der Waals surface area contributed by atoms with Crippen LogP contribution in [0.2, 0.25) is 0 Å². The zero-order valence-electron chi connectivity index (χ0n) is 7.35. The van der Waals surface area contributed by atoms with E-state index in [9.17, 15) is 18.0 Å². The van der Waals surface area contributed by atoms with Gasteiger partial charge in [0.15, 0.2) is 0 Å². The Kier molecular flexibility index (Phi) is 2.78. The number of carbonyl (C=O) groups excluding carboxylic acids is 1. The van der Waals surface area contributed by atoms with Crippen molar-refractivity contribution >= 4 is 11.5 Å². The third-order valence-electron chi connectivity index (χ3n) is 1.69. The minimum Gasteiger partial charge on any atom is -0.388 e. The number of anilines is 1. The molecule has 1 aromatic carbocycles. The Hall–Kier alpha value is -1.52. The maximum absolute atomic E-state index is 12.0. The van der Waals surface area contributed by atoms with Crippen molar-refractivity contribution < 1.29 is 18.0 Å². The fraction of sp³-hybridized carbons (Fsp3) is 0.222. The Morgan fingerprint density at radius 1 is 1.21 bits per heavy atom. The van der Waals surface area contributed by atoms with E-state index in [1.165, 1.54) is 12.1 Å². The van der Waals surface area contributed by atoms with Gasteiger partial charge in [0.2, 0.25) is 0 Å². The first kappa shape index (κ1) is 10.6. The summed E-state index contributed by atoms with van der Waals surface area (Å²) in [6.07, 6.45) is -4.80. The zero-order chi connectivity index (χ0) is 10.8. The first-order valence-electron chi connectivity index (χ1n) is 3.84. The van der Waals surface area contributed by atoms with E-state index in [4.69, 9.17) is 0 Å². The molecule has 0 heterocycles. The summed E-state index contributed by atoms with van der Waals surface area (Å²) in [6, 6.07) is 5.11. The number of benzene rings is 1. The molecule has 0 saturated carbocycles. The van der Waals surface area contributed by atoms with Gasteiger partial charge in [-0.1, -0.05) is 0 Å². The molecule has 2 nitrogen and oxygen atoms in total. The SMILES string of the molecule is CNc1ccc(C(=O)C(F)(F)F)cc1. The van der Waals surface area contributed by atoms with E-state index in [1.807, 2.05) is 0 Å². The van der Waals surface area contributed by atoms with Crippen molar-refractivity contribution in [2.75, 3.05) is 12.4 Å².